The van der Waals surface area contributed by atoms with E-state index >= 15 is 0 Å². The molecule has 1 aliphatic carbocycles. The van der Waals surface area contributed by atoms with Crippen molar-refractivity contribution in [1.82, 2.24) is 4.90 Å². The van der Waals surface area contributed by atoms with Crippen molar-refractivity contribution in [3.8, 4) is 0 Å². The van der Waals surface area contributed by atoms with Gasteiger partial charge in [-0.25, -0.2) is 8.42 Å². The van der Waals surface area contributed by atoms with Crippen LogP contribution in [0.25, 0.3) is 0 Å². The average molecular weight is 345 g/mol. The van der Waals surface area contributed by atoms with Crippen LogP contribution in [0.15, 0.2) is 24.3 Å². The number of hydrogen-bond donors (Lipinski definition) is 0. The third-order valence-electron chi connectivity index (χ3n) is 4.04. The molecule has 0 saturated heterocycles. The minimum atomic E-state index is -3.56. The maximum atomic E-state index is 12.4. The molecule has 1 aromatic carbocycles. The lowest BCUT2D eigenvalue weighted by Crippen LogP contribution is -2.44. The molecule has 0 N–H and O–H groups in total. The van der Waals surface area contributed by atoms with E-state index in [1.165, 1.54) is 0 Å². The van der Waals surface area contributed by atoms with Crippen molar-refractivity contribution in [3.05, 3.63) is 29.3 Å². The average Bonchev–Trinajstić information content (AvgIpc) is 2.96. The lowest BCUT2D eigenvalue weighted by Gasteiger charge is -2.28. The summed E-state index contributed by atoms with van der Waals surface area (Å²) < 4.78 is 25.2. The maximum absolute atomic E-state index is 12.4. The topological polar surface area (TPSA) is 57.7 Å². The van der Waals surface area contributed by atoms with Crippen molar-refractivity contribution >= 4 is 33.2 Å². The number of anilines is 1. The van der Waals surface area contributed by atoms with Gasteiger partial charge in [0.05, 0.1) is 11.9 Å². The summed E-state index contributed by atoms with van der Waals surface area (Å²) in [5.74, 6) is -0.197. The van der Waals surface area contributed by atoms with Gasteiger partial charge in [0.15, 0.2) is 0 Å². The molecule has 1 amide bonds. The van der Waals surface area contributed by atoms with Crippen LogP contribution < -0.4 is 4.31 Å². The van der Waals surface area contributed by atoms with Gasteiger partial charge in [-0.1, -0.05) is 30.5 Å². The minimum Gasteiger partial charge on any atom is -0.341 e. The fourth-order valence-corrected chi connectivity index (χ4v) is 3.79. The first kappa shape index (κ1) is 17.1. The van der Waals surface area contributed by atoms with Crippen LogP contribution in [0.4, 0.5) is 5.69 Å². The van der Waals surface area contributed by atoms with E-state index in [2.05, 4.69) is 0 Å². The van der Waals surface area contributed by atoms with E-state index < -0.39 is 10.0 Å². The highest BCUT2D eigenvalue weighted by molar-refractivity contribution is 7.92. The van der Waals surface area contributed by atoms with Gasteiger partial charge in [0.2, 0.25) is 15.9 Å². The molecular formula is C15H21ClN2O3S. The number of carbonyl (C=O) groups is 1. The lowest BCUT2D eigenvalue weighted by molar-refractivity contribution is -0.130. The molecule has 7 heteroatoms. The number of sulfonamides is 1. The molecule has 122 valence electrons. The summed E-state index contributed by atoms with van der Waals surface area (Å²) in [5.41, 5.74) is 0.406. The number of halogens is 1. The van der Waals surface area contributed by atoms with Crippen LogP contribution in [-0.2, 0) is 14.8 Å². The molecule has 0 atom stereocenters. The first-order valence-electron chi connectivity index (χ1n) is 7.28. The Kier molecular flexibility index (Phi) is 5.34. The van der Waals surface area contributed by atoms with E-state index in [0.29, 0.717) is 10.7 Å². The van der Waals surface area contributed by atoms with Crippen molar-refractivity contribution in [2.75, 3.05) is 24.2 Å². The summed E-state index contributed by atoms with van der Waals surface area (Å²) in [4.78, 5) is 14.1. The second kappa shape index (κ2) is 6.87. The number of rotatable bonds is 5. The summed E-state index contributed by atoms with van der Waals surface area (Å²) in [5, 5.41) is 0.433. The Balaban J connectivity index is 2.18. The molecule has 0 aliphatic heterocycles. The monoisotopic (exact) mass is 344 g/mol. The van der Waals surface area contributed by atoms with Crippen molar-refractivity contribution in [2.24, 2.45) is 0 Å². The largest absolute Gasteiger partial charge is 0.341 e. The van der Waals surface area contributed by atoms with E-state index in [1.807, 2.05) is 0 Å². The van der Waals surface area contributed by atoms with E-state index in [1.54, 1.807) is 36.2 Å². The molecule has 1 fully saturated rings. The number of likely N-dealkylation sites (N-methyl/N-ethyl adjacent to an activating group) is 1. The van der Waals surface area contributed by atoms with Gasteiger partial charge in [0, 0.05) is 18.1 Å². The molecular weight excluding hydrogens is 324 g/mol. The van der Waals surface area contributed by atoms with Crippen molar-refractivity contribution in [2.45, 2.75) is 31.7 Å². The molecule has 0 spiro atoms. The molecule has 0 heterocycles. The summed E-state index contributed by atoms with van der Waals surface area (Å²) in [6.45, 7) is -0.202. The predicted molar refractivity (Wildman–Crippen MR) is 88.7 cm³/mol. The van der Waals surface area contributed by atoms with Crippen molar-refractivity contribution < 1.29 is 13.2 Å². The smallest absolute Gasteiger partial charge is 0.243 e. The standard InChI is InChI=1S/C15H21ClN2O3S/c1-17(13-7-3-4-8-13)15(19)11-18(22(2,20)21)14-9-5-6-12(16)10-14/h5-6,9-10,13H,3-4,7-8,11H2,1-2H3. The van der Waals surface area contributed by atoms with Crippen LogP contribution >= 0.6 is 11.6 Å². The molecule has 0 aromatic heterocycles. The van der Waals surface area contributed by atoms with Crippen molar-refractivity contribution in [1.29, 1.82) is 0 Å². The molecule has 22 heavy (non-hydrogen) atoms. The summed E-state index contributed by atoms with van der Waals surface area (Å²) in [7, 11) is -1.81. The zero-order valence-electron chi connectivity index (χ0n) is 12.8. The quantitative estimate of drug-likeness (QED) is 0.824. The van der Waals surface area contributed by atoms with Crippen LogP contribution in [-0.4, -0.2) is 45.1 Å². The van der Waals surface area contributed by atoms with Gasteiger partial charge in [-0.3, -0.25) is 9.10 Å². The number of carbonyl (C=O) groups excluding carboxylic acids is 1. The minimum absolute atomic E-state index is 0.197. The Bertz CT molecular complexity index is 642. The van der Waals surface area contributed by atoms with Gasteiger partial charge < -0.3 is 4.90 Å². The summed E-state index contributed by atoms with van der Waals surface area (Å²) in [6.07, 6.45) is 5.30. The van der Waals surface area contributed by atoms with Crippen LogP contribution in [0.3, 0.4) is 0 Å². The number of amides is 1. The molecule has 2 rings (SSSR count). The zero-order chi connectivity index (χ0) is 16.3. The number of benzene rings is 1. The van der Waals surface area contributed by atoms with Crippen LogP contribution in [0.2, 0.25) is 5.02 Å². The normalized spacial score (nSPS) is 15.8. The first-order chi connectivity index (χ1) is 10.3. The first-order valence-corrected chi connectivity index (χ1v) is 9.50. The Morgan fingerprint density at radius 2 is 1.95 bits per heavy atom. The SMILES string of the molecule is CN(C(=O)CN(c1cccc(Cl)c1)S(C)(=O)=O)C1CCCC1. The van der Waals surface area contributed by atoms with Gasteiger partial charge in [-0.2, -0.15) is 0 Å². The highest BCUT2D eigenvalue weighted by atomic mass is 35.5. The Hall–Kier alpha value is -1.27. The molecule has 1 aromatic rings. The second-order valence-electron chi connectivity index (χ2n) is 5.69. The van der Waals surface area contributed by atoms with Gasteiger partial charge in [0.1, 0.15) is 6.54 Å². The summed E-state index contributed by atoms with van der Waals surface area (Å²) >= 11 is 5.92. The molecule has 5 nitrogen and oxygen atoms in total. The highest BCUT2D eigenvalue weighted by Gasteiger charge is 2.27. The van der Waals surface area contributed by atoms with E-state index in [0.717, 1.165) is 36.2 Å². The van der Waals surface area contributed by atoms with Gasteiger partial charge in [-0.15, -0.1) is 0 Å². The Morgan fingerprint density at radius 3 is 2.50 bits per heavy atom. The third kappa shape index (κ3) is 4.14. The number of nitrogens with zero attached hydrogens (tertiary/aromatic N) is 2. The summed E-state index contributed by atoms with van der Waals surface area (Å²) in [6, 6.07) is 6.73. The highest BCUT2D eigenvalue weighted by Crippen LogP contribution is 2.24. The predicted octanol–water partition coefficient (Wildman–Crippen LogP) is 2.51. The van der Waals surface area contributed by atoms with Gasteiger partial charge in [0.25, 0.3) is 0 Å². The fraction of sp³-hybridized carbons (Fsp3) is 0.533. The maximum Gasteiger partial charge on any atom is 0.243 e. The van der Waals surface area contributed by atoms with Gasteiger partial charge >= 0.3 is 0 Å². The van der Waals surface area contributed by atoms with Crippen LogP contribution in [0, 0.1) is 0 Å². The molecule has 1 aliphatic rings. The second-order valence-corrected chi connectivity index (χ2v) is 8.04. The molecule has 0 radical (unpaired) electrons. The van der Waals surface area contributed by atoms with Crippen LogP contribution in [0.1, 0.15) is 25.7 Å². The Labute approximate surface area is 136 Å². The van der Waals surface area contributed by atoms with E-state index in [4.69, 9.17) is 11.6 Å². The molecule has 1 saturated carbocycles. The van der Waals surface area contributed by atoms with Gasteiger partial charge in [-0.05, 0) is 31.0 Å². The van der Waals surface area contributed by atoms with Crippen molar-refractivity contribution in [3.63, 3.8) is 0 Å². The zero-order valence-corrected chi connectivity index (χ0v) is 14.4. The Morgan fingerprint density at radius 1 is 1.32 bits per heavy atom. The van der Waals surface area contributed by atoms with E-state index in [9.17, 15) is 13.2 Å². The van der Waals surface area contributed by atoms with Crippen LogP contribution in [0.5, 0.6) is 0 Å². The molecule has 0 unspecified atom stereocenters. The third-order valence-corrected chi connectivity index (χ3v) is 5.42. The lowest BCUT2D eigenvalue weighted by atomic mass is 10.2. The fourth-order valence-electron chi connectivity index (χ4n) is 2.76. The number of hydrogen-bond acceptors (Lipinski definition) is 3. The van der Waals surface area contributed by atoms with E-state index in [-0.39, 0.29) is 18.5 Å². The molecule has 0 bridgehead atoms.